The first kappa shape index (κ1) is 19.4. The summed E-state index contributed by atoms with van der Waals surface area (Å²) in [6.45, 7) is -0.374. The number of ether oxygens (including phenoxy) is 1. The van der Waals surface area contributed by atoms with Crippen LogP contribution in [0.3, 0.4) is 0 Å². The minimum absolute atomic E-state index is 0.0169. The molecule has 0 saturated heterocycles. The lowest BCUT2D eigenvalue weighted by molar-refractivity contribution is -0.117. The SMILES string of the molecule is CN1C(=O)Cc2cc(C(=O)COC(=O)c3ccc(-c4ccc(O)cc4)cc3)ccc21. The van der Waals surface area contributed by atoms with Gasteiger partial charge in [0.05, 0.1) is 12.0 Å². The molecule has 0 aliphatic carbocycles. The molecule has 1 N–H and O–H groups in total. The van der Waals surface area contributed by atoms with Crippen LogP contribution in [-0.4, -0.2) is 36.4 Å². The van der Waals surface area contributed by atoms with E-state index in [1.54, 1.807) is 78.7 Å². The Bertz CT molecular complexity index is 1130. The molecule has 1 heterocycles. The topological polar surface area (TPSA) is 83.9 Å². The van der Waals surface area contributed by atoms with Crippen LogP contribution in [0.25, 0.3) is 11.1 Å². The predicted molar refractivity (Wildman–Crippen MR) is 112 cm³/mol. The van der Waals surface area contributed by atoms with E-state index in [9.17, 15) is 19.5 Å². The molecule has 0 saturated carbocycles. The van der Waals surface area contributed by atoms with Crippen molar-refractivity contribution in [2.24, 2.45) is 0 Å². The summed E-state index contributed by atoms with van der Waals surface area (Å²) in [7, 11) is 1.70. The maximum absolute atomic E-state index is 12.4. The number of likely N-dealkylation sites (N-methyl/N-ethyl adjacent to an activating group) is 1. The number of hydrogen-bond donors (Lipinski definition) is 1. The van der Waals surface area contributed by atoms with Crippen LogP contribution in [0.4, 0.5) is 5.69 Å². The second-order valence-electron chi connectivity index (χ2n) is 7.10. The molecule has 1 aliphatic rings. The lowest BCUT2D eigenvalue weighted by Gasteiger charge is -2.10. The van der Waals surface area contributed by atoms with Crippen LogP contribution in [-0.2, 0) is 16.0 Å². The number of phenols is 1. The summed E-state index contributed by atoms with van der Waals surface area (Å²) in [5.74, 6) is -0.743. The Labute approximate surface area is 173 Å². The minimum Gasteiger partial charge on any atom is -0.508 e. The van der Waals surface area contributed by atoms with Crippen molar-refractivity contribution in [2.75, 3.05) is 18.6 Å². The van der Waals surface area contributed by atoms with Crippen molar-refractivity contribution in [2.45, 2.75) is 6.42 Å². The van der Waals surface area contributed by atoms with Gasteiger partial charge in [0.25, 0.3) is 0 Å². The largest absolute Gasteiger partial charge is 0.508 e. The van der Waals surface area contributed by atoms with Gasteiger partial charge in [0.15, 0.2) is 12.4 Å². The number of carbonyl (C=O) groups is 3. The number of rotatable bonds is 5. The summed E-state index contributed by atoms with van der Waals surface area (Å²) in [5.41, 5.74) is 4.13. The average Bonchev–Trinajstić information content (AvgIpc) is 3.05. The highest BCUT2D eigenvalue weighted by Gasteiger charge is 2.25. The van der Waals surface area contributed by atoms with E-state index in [2.05, 4.69) is 0 Å². The summed E-state index contributed by atoms with van der Waals surface area (Å²) in [6, 6.07) is 18.6. The summed E-state index contributed by atoms with van der Waals surface area (Å²) in [5, 5.41) is 9.37. The van der Waals surface area contributed by atoms with Crippen molar-refractivity contribution >= 4 is 23.3 Å². The van der Waals surface area contributed by atoms with E-state index in [0.29, 0.717) is 11.1 Å². The number of carbonyl (C=O) groups excluding carboxylic acids is 3. The van der Waals surface area contributed by atoms with Gasteiger partial charge in [-0.05, 0) is 59.2 Å². The van der Waals surface area contributed by atoms with Crippen molar-refractivity contribution in [3.63, 3.8) is 0 Å². The minimum atomic E-state index is -0.586. The third-order valence-corrected chi connectivity index (χ3v) is 5.13. The standard InChI is InChI=1S/C24H19NO5/c1-25-21-11-8-18(12-19(21)13-23(25)28)22(27)14-30-24(29)17-4-2-15(3-5-17)16-6-9-20(26)10-7-16/h2-12,26H,13-14H2,1H3. The van der Waals surface area contributed by atoms with E-state index in [-0.39, 0.29) is 30.5 Å². The molecule has 30 heavy (non-hydrogen) atoms. The summed E-state index contributed by atoms with van der Waals surface area (Å²) in [4.78, 5) is 38.0. The fourth-order valence-corrected chi connectivity index (χ4v) is 3.39. The van der Waals surface area contributed by atoms with Crippen LogP contribution in [0, 0.1) is 0 Å². The number of ketones is 1. The molecule has 0 radical (unpaired) electrons. The smallest absolute Gasteiger partial charge is 0.338 e. The molecular weight excluding hydrogens is 382 g/mol. The summed E-state index contributed by atoms with van der Waals surface area (Å²) < 4.78 is 5.17. The van der Waals surface area contributed by atoms with E-state index in [1.165, 1.54) is 0 Å². The number of esters is 1. The Morgan fingerprint density at radius 2 is 1.53 bits per heavy atom. The molecule has 3 aromatic rings. The Hall–Kier alpha value is -3.93. The average molecular weight is 401 g/mol. The van der Waals surface area contributed by atoms with E-state index >= 15 is 0 Å². The highest BCUT2D eigenvalue weighted by molar-refractivity contribution is 6.04. The van der Waals surface area contributed by atoms with Crippen LogP contribution < -0.4 is 4.90 Å². The third kappa shape index (κ3) is 3.80. The first-order chi connectivity index (χ1) is 14.4. The number of aromatic hydroxyl groups is 1. The second kappa shape index (κ2) is 7.83. The molecule has 1 aliphatic heterocycles. The van der Waals surface area contributed by atoms with Gasteiger partial charge in [0.2, 0.25) is 5.91 Å². The zero-order valence-corrected chi connectivity index (χ0v) is 16.3. The maximum Gasteiger partial charge on any atom is 0.338 e. The lowest BCUT2D eigenvalue weighted by Crippen LogP contribution is -2.20. The summed E-state index contributed by atoms with van der Waals surface area (Å²) in [6.07, 6.45) is 0.264. The maximum atomic E-state index is 12.4. The fourth-order valence-electron chi connectivity index (χ4n) is 3.39. The molecule has 0 bridgehead atoms. The molecule has 4 rings (SSSR count). The Balaban J connectivity index is 1.39. The van der Waals surface area contributed by atoms with E-state index < -0.39 is 5.97 Å². The third-order valence-electron chi connectivity index (χ3n) is 5.13. The van der Waals surface area contributed by atoms with Gasteiger partial charge < -0.3 is 14.7 Å². The monoisotopic (exact) mass is 401 g/mol. The number of fused-ring (bicyclic) bond motifs is 1. The van der Waals surface area contributed by atoms with E-state index in [4.69, 9.17) is 4.74 Å². The van der Waals surface area contributed by atoms with Gasteiger partial charge in [0, 0.05) is 18.3 Å². The number of Topliss-reactive ketones (excluding diaryl/α,β-unsaturated/α-hetero) is 1. The molecule has 0 unspecified atom stereocenters. The van der Waals surface area contributed by atoms with Gasteiger partial charge >= 0.3 is 5.97 Å². The van der Waals surface area contributed by atoms with Crippen molar-refractivity contribution in [1.82, 2.24) is 0 Å². The molecule has 0 atom stereocenters. The summed E-state index contributed by atoms with van der Waals surface area (Å²) >= 11 is 0. The Morgan fingerprint density at radius 3 is 2.20 bits per heavy atom. The zero-order valence-electron chi connectivity index (χ0n) is 16.3. The molecular formula is C24H19NO5. The van der Waals surface area contributed by atoms with Crippen LogP contribution in [0.15, 0.2) is 66.7 Å². The molecule has 1 amide bonds. The molecule has 150 valence electrons. The van der Waals surface area contributed by atoms with Crippen LogP contribution in [0.2, 0.25) is 0 Å². The van der Waals surface area contributed by atoms with Crippen molar-refractivity contribution in [3.05, 3.63) is 83.4 Å². The van der Waals surface area contributed by atoms with Gasteiger partial charge in [-0.3, -0.25) is 9.59 Å². The molecule has 3 aromatic carbocycles. The Kier molecular flexibility index (Phi) is 5.06. The highest BCUT2D eigenvalue weighted by atomic mass is 16.5. The lowest BCUT2D eigenvalue weighted by atomic mass is 10.0. The quantitative estimate of drug-likeness (QED) is 0.522. The molecule has 6 nitrogen and oxygen atoms in total. The molecule has 0 aromatic heterocycles. The molecule has 0 spiro atoms. The number of hydrogen-bond acceptors (Lipinski definition) is 5. The number of anilines is 1. The highest BCUT2D eigenvalue weighted by Crippen LogP contribution is 2.28. The number of benzene rings is 3. The van der Waals surface area contributed by atoms with Crippen LogP contribution >= 0.6 is 0 Å². The number of nitrogens with zero attached hydrogens (tertiary/aromatic N) is 1. The number of amides is 1. The zero-order chi connectivity index (χ0) is 21.3. The van der Waals surface area contributed by atoms with E-state index in [0.717, 1.165) is 22.4 Å². The molecule has 6 heteroatoms. The van der Waals surface area contributed by atoms with Crippen molar-refractivity contribution < 1.29 is 24.2 Å². The normalized spacial score (nSPS) is 12.6. The van der Waals surface area contributed by atoms with Gasteiger partial charge in [-0.25, -0.2) is 4.79 Å². The van der Waals surface area contributed by atoms with Crippen LogP contribution in [0.5, 0.6) is 5.75 Å². The first-order valence-electron chi connectivity index (χ1n) is 9.41. The van der Waals surface area contributed by atoms with Gasteiger partial charge in [0.1, 0.15) is 5.75 Å². The van der Waals surface area contributed by atoms with Gasteiger partial charge in [-0.2, -0.15) is 0 Å². The Morgan fingerprint density at radius 1 is 0.933 bits per heavy atom. The van der Waals surface area contributed by atoms with Crippen molar-refractivity contribution in [3.8, 4) is 16.9 Å². The van der Waals surface area contributed by atoms with Crippen LogP contribution in [0.1, 0.15) is 26.3 Å². The second-order valence-corrected chi connectivity index (χ2v) is 7.10. The van der Waals surface area contributed by atoms with Gasteiger partial charge in [-0.15, -0.1) is 0 Å². The van der Waals surface area contributed by atoms with Crippen molar-refractivity contribution in [1.29, 1.82) is 0 Å². The molecule has 0 fully saturated rings. The fraction of sp³-hybridized carbons (Fsp3) is 0.125. The van der Waals surface area contributed by atoms with Gasteiger partial charge in [-0.1, -0.05) is 24.3 Å². The number of phenolic OH excluding ortho intramolecular Hbond substituents is 1. The first-order valence-corrected chi connectivity index (χ1v) is 9.41. The predicted octanol–water partition coefficient (Wildman–Crippen LogP) is 3.62. The van der Waals surface area contributed by atoms with E-state index in [1.807, 2.05) is 0 Å².